The lowest BCUT2D eigenvalue weighted by Gasteiger charge is -2.18. The maximum Gasteiger partial charge on any atom is 0.240 e. The molecule has 19 heavy (non-hydrogen) atoms. The molecule has 0 aliphatic rings. The highest BCUT2D eigenvalue weighted by atomic mass is 16.5. The molecule has 0 aliphatic carbocycles. The Balaban J connectivity index is 2.84. The van der Waals surface area contributed by atoms with Gasteiger partial charge in [-0.3, -0.25) is 9.59 Å². The summed E-state index contributed by atoms with van der Waals surface area (Å²) in [5.74, 6) is -0.273. The highest BCUT2D eigenvalue weighted by Gasteiger charge is 2.21. The van der Waals surface area contributed by atoms with E-state index in [0.29, 0.717) is 12.2 Å². The molecule has 0 bridgehead atoms. The summed E-state index contributed by atoms with van der Waals surface area (Å²) in [7, 11) is 1.56. The molecule has 0 spiro atoms. The number of primary amides is 1. The van der Waals surface area contributed by atoms with Crippen LogP contribution in [0.3, 0.4) is 0 Å². The van der Waals surface area contributed by atoms with Crippen molar-refractivity contribution in [1.82, 2.24) is 5.32 Å². The van der Waals surface area contributed by atoms with Crippen LogP contribution in [0.5, 0.6) is 5.75 Å². The van der Waals surface area contributed by atoms with Gasteiger partial charge in [0.2, 0.25) is 11.8 Å². The highest BCUT2D eigenvalue weighted by Crippen LogP contribution is 2.19. The van der Waals surface area contributed by atoms with Crippen molar-refractivity contribution >= 4 is 11.8 Å². The van der Waals surface area contributed by atoms with Crippen LogP contribution in [0.15, 0.2) is 24.3 Å². The largest absolute Gasteiger partial charge is 0.496 e. The number of carbonyl (C=O) groups is 2. The summed E-state index contributed by atoms with van der Waals surface area (Å²) in [5.41, 5.74) is 6.16. The van der Waals surface area contributed by atoms with E-state index in [1.165, 1.54) is 0 Å². The number of nitrogens with two attached hydrogens (primary N) is 1. The third kappa shape index (κ3) is 4.28. The van der Waals surface area contributed by atoms with Crippen molar-refractivity contribution in [1.29, 1.82) is 0 Å². The Morgan fingerprint density at radius 3 is 2.47 bits per heavy atom. The van der Waals surface area contributed by atoms with Gasteiger partial charge in [0.15, 0.2) is 0 Å². The molecule has 0 aliphatic heterocycles. The molecule has 2 amide bonds. The second-order valence-electron chi connectivity index (χ2n) is 4.63. The van der Waals surface area contributed by atoms with E-state index in [1.807, 2.05) is 18.2 Å². The summed E-state index contributed by atoms with van der Waals surface area (Å²) in [6.45, 7) is 3.52. The number of hydrogen-bond donors (Lipinski definition) is 2. The SMILES string of the molecule is COc1ccccc1C[C@@H](NC(=O)C(C)C)C(N)=O. The van der Waals surface area contributed by atoms with E-state index in [0.717, 1.165) is 5.56 Å². The lowest BCUT2D eigenvalue weighted by molar-refractivity contribution is -0.129. The van der Waals surface area contributed by atoms with Crippen molar-refractivity contribution in [2.75, 3.05) is 7.11 Å². The molecule has 1 aromatic rings. The van der Waals surface area contributed by atoms with Gasteiger partial charge in [-0.25, -0.2) is 0 Å². The van der Waals surface area contributed by atoms with Crippen molar-refractivity contribution in [2.45, 2.75) is 26.3 Å². The zero-order valence-corrected chi connectivity index (χ0v) is 11.5. The van der Waals surface area contributed by atoms with Crippen LogP contribution in [0.1, 0.15) is 19.4 Å². The predicted octanol–water partition coefficient (Wildman–Crippen LogP) is 0.864. The fourth-order valence-corrected chi connectivity index (χ4v) is 1.65. The molecule has 104 valence electrons. The molecule has 0 aromatic heterocycles. The van der Waals surface area contributed by atoms with Crippen LogP contribution < -0.4 is 15.8 Å². The average Bonchev–Trinajstić information content (AvgIpc) is 2.38. The fraction of sp³-hybridized carbons (Fsp3) is 0.429. The molecule has 0 saturated carbocycles. The molecule has 5 heteroatoms. The molecule has 0 heterocycles. The zero-order valence-electron chi connectivity index (χ0n) is 11.5. The normalized spacial score (nSPS) is 12.0. The van der Waals surface area contributed by atoms with Crippen molar-refractivity contribution in [3.05, 3.63) is 29.8 Å². The van der Waals surface area contributed by atoms with Gasteiger partial charge in [-0.15, -0.1) is 0 Å². The topological polar surface area (TPSA) is 81.4 Å². The Bertz CT molecular complexity index is 458. The van der Waals surface area contributed by atoms with Crippen molar-refractivity contribution in [3.63, 3.8) is 0 Å². The number of carbonyl (C=O) groups excluding carboxylic acids is 2. The number of nitrogens with one attached hydrogen (secondary N) is 1. The van der Waals surface area contributed by atoms with Crippen molar-refractivity contribution in [2.24, 2.45) is 11.7 Å². The number of ether oxygens (including phenoxy) is 1. The van der Waals surface area contributed by atoms with E-state index in [1.54, 1.807) is 27.0 Å². The number of benzene rings is 1. The predicted molar refractivity (Wildman–Crippen MR) is 72.7 cm³/mol. The van der Waals surface area contributed by atoms with Gasteiger partial charge < -0.3 is 15.8 Å². The van der Waals surface area contributed by atoms with E-state index >= 15 is 0 Å². The Morgan fingerprint density at radius 2 is 1.95 bits per heavy atom. The molecule has 0 saturated heterocycles. The first-order valence-corrected chi connectivity index (χ1v) is 6.17. The first-order chi connectivity index (χ1) is 8.95. The molecule has 1 rings (SSSR count). The fourth-order valence-electron chi connectivity index (χ4n) is 1.65. The van der Waals surface area contributed by atoms with Gasteiger partial charge in [0.25, 0.3) is 0 Å². The second-order valence-corrected chi connectivity index (χ2v) is 4.63. The second kappa shape index (κ2) is 6.78. The first kappa shape index (κ1) is 15.0. The summed E-state index contributed by atoms with van der Waals surface area (Å²) in [4.78, 5) is 23.1. The third-order valence-corrected chi connectivity index (χ3v) is 2.80. The molecule has 1 aromatic carbocycles. The van der Waals surface area contributed by atoms with E-state index in [9.17, 15) is 9.59 Å². The monoisotopic (exact) mass is 264 g/mol. The molecule has 0 fully saturated rings. The minimum Gasteiger partial charge on any atom is -0.496 e. The maximum atomic E-state index is 11.7. The summed E-state index contributed by atoms with van der Waals surface area (Å²) in [6.07, 6.45) is 0.317. The van der Waals surface area contributed by atoms with Gasteiger partial charge in [0.1, 0.15) is 11.8 Å². The minimum absolute atomic E-state index is 0.195. The number of hydrogen-bond acceptors (Lipinski definition) is 3. The first-order valence-electron chi connectivity index (χ1n) is 6.17. The standard InChI is InChI=1S/C14H20N2O3/c1-9(2)14(18)16-11(13(15)17)8-10-6-4-5-7-12(10)19-3/h4-7,9,11H,8H2,1-3H3,(H2,15,17)(H,16,18)/t11-/m1/s1. The molecule has 5 nitrogen and oxygen atoms in total. The Labute approximate surface area is 113 Å². The Hall–Kier alpha value is -2.04. The van der Waals surface area contributed by atoms with Gasteiger partial charge >= 0.3 is 0 Å². The van der Waals surface area contributed by atoms with Gasteiger partial charge in [-0.1, -0.05) is 32.0 Å². The molecular weight excluding hydrogens is 244 g/mol. The van der Waals surface area contributed by atoms with E-state index in [-0.39, 0.29) is 11.8 Å². The molecule has 0 radical (unpaired) electrons. The quantitative estimate of drug-likeness (QED) is 0.799. The van der Waals surface area contributed by atoms with Crippen LogP contribution in [0.2, 0.25) is 0 Å². The number of rotatable bonds is 6. The minimum atomic E-state index is -0.730. The van der Waals surface area contributed by atoms with E-state index in [2.05, 4.69) is 5.32 Å². The highest BCUT2D eigenvalue weighted by molar-refractivity contribution is 5.87. The Morgan fingerprint density at radius 1 is 1.32 bits per heavy atom. The van der Waals surface area contributed by atoms with E-state index < -0.39 is 11.9 Å². The van der Waals surface area contributed by atoms with Gasteiger partial charge in [0, 0.05) is 12.3 Å². The summed E-state index contributed by atoms with van der Waals surface area (Å²) < 4.78 is 5.21. The van der Waals surface area contributed by atoms with Gasteiger partial charge in [0.05, 0.1) is 7.11 Å². The van der Waals surface area contributed by atoms with Gasteiger partial charge in [-0.2, -0.15) is 0 Å². The average molecular weight is 264 g/mol. The Kier molecular flexibility index (Phi) is 5.36. The third-order valence-electron chi connectivity index (χ3n) is 2.80. The number of methoxy groups -OCH3 is 1. The van der Waals surface area contributed by atoms with Crippen LogP contribution >= 0.6 is 0 Å². The smallest absolute Gasteiger partial charge is 0.240 e. The summed E-state index contributed by atoms with van der Waals surface area (Å²) >= 11 is 0. The molecule has 0 unspecified atom stereocenters. The lowest BCUT2D eigenvalue weighted by atomic mass is 10.0. The summed E-state index contributed by atoms with van der Waals surface area (Å²) in [6, 6.07) is 6.61. The number of amides is 2. The number of para-hydroxylation sites is 1. The lowest BCUT2D eigenvalue weighted by Crippen LogP contribution is -2.47. The van der Waals surface area contributed by atoms with Crippen LogP contribution in [-0.4, -0.2) is 25.0 Å². The molecule has 1 atom stereocenters. The van der Waals surface area contributed by atoms with Crippen molar-refractivity contribution < 1.29 is 14.3 Å². The van der Waals surface area contributed by atoms with Crippen molar-refractivity contribution in [3.8, 4) is 5.75 Å². The van der Waals surface area contributed by atoms with Crippen LogP contribution in [0.25, 0.3) is 0 Å². The molecular formula is C14H20N2O3. The zero-order chi connectivity index (χ0) is 14.4. The van der Waals surface area contributed by atoms with Crippen LogP contribution in [0.4, 0.5) is 0 Å². The van der Waals surface area contributed by atoms with Crippen LogP contribution in [-0.2, 0) is 16.0 Å². The maximum absolute atomic E-state index is 11.7. The van der Waals surface area contributed by atoms with Crippen LogP contribution in [0, 0.1) is 5.92 Å². The van der Waals surface area contributed by atoms with E-state index in [4.69, 9.17) is 10.5 Å². The molecule has 3 N–H and O–H groups in total. The van der Waals surface area contributed by atoms with Gasteiger partial charge in [-0.05, 0) is 11.6 Å². The summed E-state index contributed by atoms with van der Waals surface area (Å²) in [5, 5.41) is 2.65.